The molecule has 4 rings (SSSR count). The molecule has 39 heavy (non-hydrogen) atoms. The number of aromatic nitrogens is 3. The van der Waals surface area contributed by atoms with Crippen molar-refractivity contribution in [2.45, 2.75) is 31.4 Å². The molecule has 0 aliphatic heterocycles. The van der Waals surface area contributed by atoms with E-state index in [0.29, 0.717) is 11.1 Å². The van der Waals surface area contributed by atoms with E-state index < -0.39 is 35.2 Å². The summed E-state index contributed by atoms with van der Waals surface area (Å²) in [5, 5.41) is 18.9. The second-order valence-electron chi connectivity index (χ2n) is 8.69. The number of nitrogens with two attached hydrogens (primary N) is 1. The van der Waals surface area contributed by atoms with E-state index in [1.54, 1.807) is 0 Å². The SMILES string of the molecule is CC(C#N)(Cn1nc2cc(Cl)cc(-c3ccc(C(F)(F)F)cc3)c2n1)c1cc(OC(F)(F)F)ccc1C(N)=O. The summed E-state index contributed by atoms with van der Waals surface area (Å²) >= 11 is 6.20. The molecule has 0 spiro atoms. The van der Waals surface area contributed by atoms with Gasteiger partial charge in [-0.05, 0) is 60.5 Å². The molecule has 0 saturated heterocycles. The molecule has 1 unspecified atom stereocenters. The number of fused-ring (bicyclic) bond motifs is 1. The van der Waals surface area contributed by atoms with Crippen LogP contribution in [0, 0.1) is 11.3 Å². The highest BCUT2D eigenvalue weighted by molar-refractivity contribution is 6.31. The monoisotopic (exact) mass is 567 g/mol. The average molecular weight is 568 g/mol. The molecule has 0 aliphatic carbocycles. The number of rotatable bonds is 6. The van der Waals surface area contributed by atoms with Crippen molar-refractivity contribution >= 4 is 28.5 Å². The largest absolute Gasteiger partial charge is 0.573 e. The Labute approximate surface area is 221 Å². The summed E-state index contributed by atoms with van der Waals surface area (Å²) in [4.78, 5) is 13.1. The van der Waals surface area contributed by atoms with Gasteiger partial charge in [0.05, 0.1) is 18.2 Å². The molecule has 1 heterocycles. The van der Waals surface area contributed by atoms with Crippen molar-refractivity contribution in [3.63, 3.8) is 0 Å². The van der Waals surface area contributed by atoms with Crippen LogP contribution in [0.25, 0.3) is 22.2 Å². The van der Waals surface area contributed by atoms with Crippen LogP contribution in [-0.4, -0.2) is 27.3 Å². The number of halogens is 7. The minimum atomic E-state index is -5.02. The number of amides is 1. The third-order valence-electron chi connectivity index (χ3n) is 5.81. The van der Waals surface area contributed by atoms with Crippen molar-refractivity contribution in [1.29, 1.82) is 5.26 Å². The molecule has 3 aromatic carbocycles. The fourth-order valence-electron chi connectivity index (χ4n) is 4.01. The Balaban J connectivity index is 1.78. The molecule has 2 N–H and O–H groups in total. The number of benzene rings is 3. The normalized spacial score (nSPS) is 13.6. The lowest BCUT2D eigenvalue weighted by Crippen LogP contribution is -2.31. The van der Waals surface area contributed by atoms with Gasteiger partial charge < -0.3 is 10.5 Å². The van der Waals surface area contributed by atoms with Gasteiger partial charge >= 0.3 is 12.5 Å². The molecule has 0 saturated carbocycles. The van der Waals surface area contributed by atoms with Crippen LogP contribution in [0.3, 0.4) is 0 Å². The van der Waals surface area contributed by atoms with Gasteiger partial charge in [-0.15, -0.1) is 13.2 Å². The Kier molecular flexibility index (Phi) is 6.95. The number of carbonyl (C=O) groups excluding carboxylic acids is 1. The van der Waals surface area contributed by atoms with Gasteiger partial charge in [-0.1, -0.05) is 23.7 Å². The first-order valence-electron chi connectivity index (χ1n) is 10.9. The zero-order valence-corrected chi connectivity index (χ0v) is 20.5. The summed E-state index contributed by atoms with van der Waals surface area (Å²) in [5.74, 6) is -1.65. The van der Waals surface area contributed by atoms with E-state index in [4.69, 9.17) is 17.3 Å². The number of primary amides is 1. The van der Waals surface area contributed by atoms with Crippen LogP contribution in [0.1, 0.15) is 28.4 Å². The van der Waals surface area contributed by atoms with Gasteiger partial charge in [0.1, 0.15) is 22.2 Å². The van der Waals surface area contributed by atoms with Gasteiger partial charge in [-0.3, -0.25) is 4.79 Å². The molecule has 14 heteroatoms. The van der Waals surface area contributed by atoms with Crippen LogP contribution in [-0.2, 0) is 18.1 Å². The maximum atomic E-state index is 13.0. The Bertz CT molecular complexity index is 1610. The first-order valence-corrected chi connectivity index (χ1v) is 11.3. The van der Waals surface area contributed by atoms with E-state index in [1.165, 1.54) is 31.2 Å². The lowest BCUT2D eigenvalue weighted by Gasteiger charge is -2.24. The van der Waals surface area contributed by atoms with Crippen LogP contribution in [0.5, 0.6) is 5.75 Å². The lowest BCUT2D eigenvalue weighted by atomic mass is 9.81. The van der Waals surface area contributed by atoms with Crippen molar-refractivity contribution in [3.8, 4) is 22.9 Å². The zero-order chi connectivity index (χ0) is 28.8. The van der Waals surface area contributed by atoms with Crippen LogP contribution in [0.15, 0.2) is 54.6 Å². The second-order valence-corrected chi connectivity index (χ2v) is 9.13. The van der Waals surface area contributed by atoms with E-state index in [9.17, 15) is 36.4 Å². The van der Waals surface area contributed by atoms with Gasteiger partial charge in [-0.2, -0.15) is 33.4 Å². The number of hydrogen-bond acceptors (Lipinski definition) is 5. The number of alkyl halides is 6. The third-order valence-corrected chi connectivity index (χ3v) is 6.02. The first-order chi connectivity index (χ1) is 18.1. The summed E-state index contributed by atoms with van der Waals surface area (Å²) in [6.45, 7) is 1.00. The van der Waals surface area contributed by atoms with Crippen molar-refractivity contribution < 1.29 is 35.9 Å². The van der Waals surface area contributed by atoms with Gasteiger partial charge in [0.2, 0.25) is 5.91 Å². The summed E-state index contributed by atoms with van der Waals surface area (Å²) in [6, 6.07) is 12.0. The molecule has 0 radical (unpaired) electrons. The fourth-order valence-corrected chi connectivity index (χ4v) is 4.23. The molecule has 4 aromatic rings. The highest BCUT2D eigenvalue weighted by Gasteiger charge is 2.36. The Morgan fingerprint density at radius 2 is 1.72 bits per heavy atom. The summed E-state index contributed by atoms with van der Waals surface area (Å²) < 4.78 is 81.3. The Hall–Kier alpha value is -4.31. The molecule has 1 atom stereocenters. The fraction of sp³-hybridized carbons (Fsp3) is 0.200. The maximum Gasteiger partial charge on any atom is 0.573 e. The second kappa shape index (κ2) is 9.77. The summed E-state index contributed by atoms with van der Waals surface area (Å²) in [7, 11) is 0. The van der Waals surface area contributed by atoms with Gasteiger partial charge in [-0.25, -0.2) is 0 Å². The molecule has 0 aliphatic rings. The number of nitriles is 1. The van der Waals surface area contributed by atoms with Gasteiger partial charge in [0, 0.05) is 16.1 Å². The van der Waals surface area contributed by atoms with Crippen LogP contribution >= 0.6 is 11.6 Å². The van der Waals surface area contributed by atoms with Gasteiger partial charge in [0.15, 0.2) is 0 Å². The highest BCUT2D eigenvalue weighted by Crippen LogP contribution is 2.36. The van der Waals surface area contributed by atoms with Crippen LogP contribution in [0.2, 0.25) is 5.02 Å². The Morgan fingerprint density at radius 3 is 2.28 bits per heavy atom. The molecule has 1 amide bonds. The molecule has 7 nitrogen and oxygen atoms in total. The van der Waals surface area contributed by atoms with Crippen LogP contribution in [0.4, 0.5) is 26.3 Å². The van der Waals surface area contributed by atoms with E-state index in [2.05, 4.69) is 14.9 Å². The minimum Gasteiger partial charge on any atom is -0.406 e. The summed E-state index contributed by atoms with van der Waals surface area (Å²) in [5.41, 5.74) is 3.71. The molecular formula is C25H16ClF6N5O2. The first kappa shape index (κ1) is 27.7. The lowest BCUT2D eigenvalue weighted by molar-refractivity contribution is -0.274. The van der Waals surface area contributed by atoms with E-state index in [0.717, 1.165) is 35.1 Å². The average Bonchev–Trinajstić information content (AvgIpc) is 3.23. The minimum absolute atomic E-state index is 0.151. The molecule has 202 valence electrons. The number of ether oxygens (including phenoxy) is 1. The quantitative estimate of drug-likeness (QED) is 0.277. The number of nitrogens with zero attached hydrogens (tertiary/aromatic N) is 4. The van der Waals surface area contributed by atoms with Crippen molar-refractivity contribution in [2.75, 3.05) is 0 Å². The topological polar surface area (TPSA) is 107 Å². The van der Waals surface area contributed by atoms with E-state index in [-0.39, 0.29) is 33.7 Å². The third kappa shape index (κ3) is 5.91. The number of carbonyl (C=O) groups is 1. The number of hydrogen-bond donors (Lipinski definition) is 1. The van der Waals surface area contributed by atoms with Crippen molar-refractivity contribution in [3.05, 3.63) is 76.3 Å². The zero-order valence-electron chi connectivity index (χ0n) is 19.7. The van der Waals surface area contributed by atoms with Crippen molar-refractivity contribution in [1.82, 2.24) is 15.0 Å². The standard InChI is InChI=1S/C25H16ClF6N5O2/c1-23(11-33,19-10-16(39-25(30,31)32)6-7-17(19)22(34)38)12-37-35-20-9-15(26)8-18(21(20)36-37)13-2-4-14(5-3-13)24(27,28)29/h2-10H,12H2,1H3,(H2,34,38). The molecule has 0 bridgehead atoms. The Morgan fingerprint density at radius 1 is 1.05 bits per heavy atom. The molecule has 0 fully saturated rings. The smallest absolute Gasteiger partial charge is 0.406 e. The van der Waals surface area contributed by atoms with Gasteiger partial charge in [0.25, 0.3) is 0 Å². The maximum absolute atomic E-state index is 13.0. The highest BCUT2D eigenvalue weighted by atomic mass is 35.5. The van der Waals surface area contributed by atoms with Crippen LogP contribution < -0.4 is 10.5 Å². The predicted octanol–water partition coefficient (Wildman–Crippen LogP) is 6.25. The molecule has 1 aromatic heterocycles. The predicted molar refractivity (Wildman–Crippen MR) is 128 cm³/mol. The van der Waals surface area contributed by atoms with E-state index >= 15 is 0 Å². The molecular weight excluding hydrogens is 552 g/mol. The summed E-state index contributed by atoms with van der Waals surface area (Å²) in [6.07, 6.45) is -9.55. The van der Waals surface area contributed by atoms with E-state index in [1.807, 2.05) is 6.07 Å². The van der Waals surface area contributed by atoms with Crippen molar-refractivity contribution in [2.24, 2.45) is 5.73 Å².